The van der Waals surface area contributed by atoms with Crippen molar-refractivity contribution in [3.63, 3.8) is 0 Å². The number of aromatic carboxylic acids is 1. The highest BCUT2D eigenvalue weighted by atomic mass is 32.2. The number of rotatable bonds is 6. The van der Waals surface area contributed by atoms with Crippen LogP contribution in [-0.2, 0) is 5.75 Å². The van der Waals surface area contributed by atoms with Gasteiger partial charge >= 0.3 is 5.97 Å². The summed E-state index contributed by atoms with van der Waals surface area (Å²) in [5.74, 6) is 1.65. The second-order valence-corrected chi connectivity index (χ2v) is 5.65. The Hall–Kier alpha value is -1.68. The minimum Gasteiger partial charge on any atom is -0.497 e. The van der Waals surface area contributed by atoms with E-state index in [1.54, 1.807) is 24.9 Å². The van der Waals surface area contributed by atoms with E-state index in [2.05, 4.69) is 6.92 Å². The van der Waals surface area contributed by atoms with Gasteiger partial charge in [-0.15, -0.1) is 0 Å². The molecule has 2 aromatic rings. The van der Waals surface area contributed by atoms with Gasteiger partial charge in [-0.05, 0) is 46.7 Å². The predicted molar refractivity (Wildman–Crippen MR) is 83.9 cm³/mol. The summed E-state index contributed by atoms with van der Waals surface area (Å²) in [6, 6.07) is 9.37. The van der Waals surface area contributed by atoms with E-state index >= 15 is 0 Å². The Morgan fingerprint density at radius 3 is 2.75 bits per heavy atom. The summed E-state index contributed by atoms with van der Waals surface area (Å²) in [4.78, 5) is 11.6. The number of hydrogen-bond acceptors (Lipinski definition) is 3. The molecule has 0 unspecified atom stereocenters. The molecular formula is C16H18O3S. The lowest BCUT2D eigenvalue weighted by Crippen LogP contribution is -2.03. The number of benzene rings is 2. The molecule has 20 heavy (non-hydrogen) atoms. The van der Waals surface area contributed by atoms with Crippen LogP contribution in [0.2, 0.25) is 0 Å². The van der Waals surface area contributed by atoms with Crippen molar-refractivity contribution in [3.8, 4) is 5.75 Å². The first-order chi connectivity index (χ1) is 9.67. The highest BCUT2D eigenvalue weighted by Gasteiger charge is 2.14. The van der Waals surface area contributed by atoms with E-state index in [4.69, 9.17) is 4.74 Å². The van der Waals surface area contributed by atoms with Gasteiger partial charge in [-0.2, -0.15) is 11.8 Å². The maximum absolute atomic E-state index is 11.6. The van der Waals surface area contributed by atoms with Crippen molar-refractivity contribution in [2.24, 2.45) is 0 Å². The van der Waals surface area contributed by atoms with Crippen LogP contribution in [0.3, 0.4) is 0 Å². The van der Waals surface area contributed by atoms with E-state index < -0.39 is 5.97 Å². The lowest BCUT2D eigenvalue weighted by atomic mass is 9.99. The van der Waals surface area contributed by atoms with Gasteiger partial charge in [-0.1, -0.05) is 19.1 Å². The topological polar surface area (TPSA) is 46.5 Å². The molecule has 106 valence electrons. The Morgan fingerprint density at radius 2 is 2.10 bits per heavy atom. The smallest absolute Gasteiger partial charge is 0.336 e. The van der Waals surface area contributed by atoms with Gasteiger partial charge < -0.3 is 9.84 Å². The molecule has 0 aromatic heterocycles. The fourth-order valence-corrected chi connectivity index (χ4v) is 3.07. The molecule has 0 heterocycles. The summed E-state index contributed by atoms with van der Waals surface area (Å²) in [5, 5.41) is 11.2. The van der Waals surface area contributed by atoms with Crippen molar-refractivity contribution in [1.82, 2.24) is 0 Å². The van der Waals surface area contributed by atoms with Crippen molar-refractivity contribution in [2.75, 3.05) is 12.9 Å². The third-order valence-electron chi connectivity index (χ3n) is 3.13. The quantitative estimate of drug-likeness (QED) is 0.810. The normalized spacial score (nSPS) is 10.7. The van der Waals surface area contributed by atoms with E-state index in [9.17, 15) is 9.90 Å². The molecule has 0 atom stereocenters. The Bertz CT molecular complexity index is 622. The number of carboxylic acids is 1. The fraction of sp³-hybridized carbons (Fsp3) is 0.312. The molecule has 0 saturated carbocycles. The highest BCUT2D eigenvalue weighted by Crippen LogP contribution is 2.28. The molecular weight excluding hydrogens is 272 g/mol. The van der Waals surface area contributed by atoms with E-state index in [0.717, 1.165) is 40.0 Å². The molecule has 0 aliphatic carbocycles. The molecule has 2 aromatic carbocycles. The molecule has 4 heteroatoms. The average Bonchev–Trinajstić information content (AvgIpc) is 2.46. The number of fused-ring (bicyclic) bond motifs is 1. The van der Waals surface area contributed by atoms with E-state index in [1.807, 2.05) is 24.3 Å². The number of thioether (sulfide) groups is 1. The first kappa shape index (κ1) is 14.7. The van der Waals surface area contributed by atoms with E-state index in [-0.39, 0.29) is 0 Å². The Morgan fingerprint density at radius 1 is 1.30 bits per heavy atom. The van der Waals surface area contributed by atoms with Crippen LogP contribution < -0.4 is 4.74 Å². The van der Waals surface area contributed by atoms with Gasteiger partial charge in [0.2, 0.25) is 0 Å². The predicted octanol–water partition coefficient (Wildman–Crippen LogP) is 4.19. The van der Waals surface area contributed by atoms with Gasteiger partial charge in [0.15, 0.2) is 0 Å². The number of carboxylic acid groups (broad SMARTS) is 1. The molecule has 3 nitrogen and oxygen atoms in total. The van der Waals surface area contributed by atoms with Crippen LogP contribution in [-0.4, -0.2) is 23.9 Å². The van der Waals surface area contributed by atoms with Gasteiger partial charge in [0, 0.05) is 5.75 Å². The van der Waals surface area contributed by atoms with Crippen molar-refractivity contribution in [3.05, 3.63) is 41.5 Å². The summed E-state index contributed by atoms with van der Waals surface area (Å²) >= 11 is 1.77. The molecule has 0 amide bonds. The second-order valence-electron chi connectivity index (χ2n) is 4.54. The van der Waals surface area contributed by atoms with Crippen molar-refractivity contribution >= 4 is 28.5 Å². The van der Waals surface area contributed by atoms with Crippen molar-refractivity contribution in [1.29, 1.82) is 0 Å². The molecule has 0 aliphatic heterocycles. The van der Waals surface area contributed by atoms with E-state index in [0.29, 0.717) is 5.56 Å². The zero-order valence-electron chi connectivity index (χ0n) is 11.7. The zero-order chi connectivity index (χ0) is 14.5. The first-order valence-electron chi connectivity index (χ1n) is 6.58. The molecule has 2 rings (SSSR count). The van der Waals surface area contributed by atoms with Gasteiger partial charge in [0.25, 0.3) is 0 Å². The maximum Gasteiger partial charge on any atom is 0.336 e. The Labute approximate surface area is 122 Å². The molecule has 0 spiro atoms. The number of methoxy groups -OCH3 is 1. The molecule has 0 bridgehead atoms. The zero-order valence-corrected chi connectivity index (χ0v) is 12.5. The van der Waals surface area contributed by atoms with Gasteiger partial charge in [0.05, 0.1) is 12.7 Å². The maximum atomic E-state index is 11.6. The van der Waals surface area contributed by atoms with Crippen LogP contribution in [0.5, 0.6) is 5.75 Å². The number of hydrogen-bond donors (Lipinski definition) is 1. The number of carbonyl (C=O) groups is 1. The monoisotopic (exact) mass is 290 g/mol. The van der Waals surface area contributed by atoms with Crippen molar-refractivity contribution < 1.29 is 14.6 Å². The van der Waals surface area contributed by atoms with Crippen molar-refractivity contribution in [2.45, 2.75) is 19.1 Å². The molecule has 0 saturated heterocycles. The molecule has 0 radical (unpaired) electrons. The van der Waals surface area contributed by atoms with Crippen LogP contribution in [0, 0.1) is 0 Å². The standard InChI is InChI=1S/C16H18O3S/c1-3-8-20-10-12-5-4-11-9-13(19-2)6-7-14(11)15(12)16(17)18/h4-7,9H,3,8,10H2,1-2H3,(H,17,18). The van der Waals surface area contributed by atoms with E-state index in [1.165, 1.54) is 0 Å². The third-order valence-corrected chi connectivity index (χ3v) is 4.35. The van der Waals surface area contributed by atoms with Crippen LogP contribution in [0.25, 0.3) is 10.8 Å². The summed E-state index contributed by atoms with van der Waals surface area (Å²) in [7, 11) is 1.61. The minimum atomic E-state index is -0.868. The Balaban J connectivity index is 2.48. The summed E-state index contributed by atoms with van der Waals surface area (Å²) in [5.41, 5.74) is 1.29. The lowest BCUT2D eigenvalue weighted by Gasteiger charge is -2.10. The highest BCUT2D eigenvalue weighted by molar-refractivity contribution is 7.98. The fourth-order valence-electron chi connectivity index (χ4n) is 2.18. The SMILES string of the molecule is CCCSCc1ccc2cc(OC)ccc2c1C(=O)O. The average molecular weight is 290 g/mol. The Kier molecular flexibility index (Phi) is 4.90. The summed E-state index contributed by atoms with van der Waals surface area (Å²) in [6.45, 7) is 2.12. The van der Waals surface area contributed by atoms with Crippen LogP contribution in [0.15, 0.2) is 30.3 Å². The summed E-state index contributed by atoms with van der Waals surface area (Å²) < 4.78 is 5.18. The second kappa shape index (κ2) is 6.66. The summed E-state index contributed by atoms with van der Waals surface area (Å²) in [6.07, 6.45) is 1.10. The molecule has 0 aliphatic rings. The largest absolute Gasteiger partial charge is 0.497 e. The molecule has 0 fully saturated rings. The van der Waals surface area contributed by atoms with Gasteiger partial charge in [-0.3, -0.25) is 0 Å². The van der Waals surface area contributed by atoms with Crippen LogP contribution >= 0.6 is 11.8 Å². The lowest BCUT2D eigenvalue weighted by molar-refractivity contribution is 0.0698. The third kappa shape index (κ3) is 3.07. The first-order valence-corrected chi connectivity index (χ1v) is 7.73. The van der Waals surface area contributed by atoms with Gasteiger partial charge in [0.1, 0.15) is 5.75 Å². The van der Waals surface area contributed by atoms with Crippen LogP contribution in [0.1, 0.15) is 29.3 Å². The van der Waals surface area contributed by atoms with Gasteiger partial charge in [-0.25, -0.2) is 4.79 Å². The van der Waals surface area contributed by atoms with Crippen LogP contribution in [0.4, 0.5) is 0 Å². The minimum absolute atomic E-state index is 0.411. The number of ether oxygens (including phenoxy) is 1. The molecule has 1 N–H and O–H groups in total.